The number of fused-ring (bicyclic) bond motifs is 3. The van der Waals surface area contributed by atoms with Crippen LogP contribution < -0.4 is 5.32 Å². The van der Waals surface area contributed by atoms with Gasteiger partial charge in [0.25, 0.3) is 5.91 Å². The van der Waals surface area contributed by atoms with E-state index in [1.165, 1.54) is 0 Å². The number of likely N-dealkylation sites (N-methyl/N-ethyl adjacent to an activating group) is 1. The van der Waals surface area contributed by atoms with Crippen LogP contribution in [0.3, 0.4) is 0 Å². The van der Waals surface area contributed by atoms with Crippen molar-refractivity contribution in [3.05, 3.63) is 35.9 Å². The molecule has 9 nitrogen and oxygen atoms in total. The first-order valence-corrected chi connectivity index (χ1v) is 11.2. The van der Waals surface area contributed by atoms with Crippen molar-refractivity contribution in [3.63, 3.8) is 0 Å². The third kappa shape index (κ3) is 3.86. The summed E-state index contributed by atoms with van der Waals surface area (Å²) in [5.74, 6) is -2.75. The Labute approximate surface area is 188 Å². The van der Waals surface area contributed by atoms with Crippen molar-refractivity contribution in [2.24, 2.45) is 0 Å². The first-order chi connectivity index (χ1) is 15.1. The van der Waals surface area contributed by atoms with E-state index in [2.05, 4.69) is 5.32 Å². The highest BCUT2D eigenvalue weighted by Crippen LogP contribution is 2.53. The van der Waals surface area contributed by atoms with Crippen LogP contribution in [0.2, 0.25) is 0 Å². The Balaban J connectivity index is 1.31. The summed E-state index contributed by atoms with van der Waals surface area (Å²) in [4.78, 5) is 18.5. The molecule has 0 aromatic heterocycles. The van der Waals surface area contributed by atoms with Gasteiger partial charge < -0.3 is 29.0 Å². The summed E-state index contributed by atoms with van der Waals surface area (Å²) in [7, 11) is 1.86. The lowest BCUT2D eigenvalue weighted by Gasteiger charge is -2.38. The van der Waals surface area contributed by atoms with Crippen LogP contribution >= 0.6 is 0 Å². The molecule has 4 heterocycles. The molecule has 0 radical (unpaired) electrons. The molecule has 6 atom stereocenters. The Bertz CT molecular complexity index is 863. The van der Waals surface area contributed by atoms with Crippen molar-refractivity contribution >= 4 is 5.91 Å². The molecule has 0 saturated carbocycles. The van der Waals surface area contributed by atoms with Gasteiger partial charge in [0.2, 0.25) is 5.79 Å². The molecule has 0 bridgehead atoms. The van der Waals surface area contributed by atoms with Crippen LogP contribution in [0.4, 0.5) is 0 Å². The Morgan fingerprint density at radius 3 is 2.59 bits per heavy atom. The molecule has 4 aliphatic rings. The number of carbonyl (C=O) groups is 1. The van der Waals surface area contributed by atoms with Crippen molar-refractivity contribution in [3.8, 4) is 0 Å². The van der Waals surface area contributed by atoms with E-state index in [1.54, 1.807) is 17.2 Å². The van der Waals surface area contributed by atoms with Gasteiger partial charge in [-0.1, -0.05) is 18.2 Å². The predicted octanol–water partition coefficient (Wildman–Crippen LogP) is 1.82. The molecule has 4 saturated heterocycles. The molecular weight excluding hydrogens is 416 g/mol. The molecule has 0 aliphatic carbocycles. The second-order valence-electron chi connectivity index (χ2n) is 9.81. The standard InChI is InChI=1S/C23H32N2O7/c1-21(2)27-13-16-18(29-21)19-23(28-16,32-22(3,4)30-19)17-11-15(31-25(17)5)12-24-20(26)14-9-7-6-8-10-14/h6-10,15-19H,11-13H2,1-5H3,(H,24,26)/t15-,16+,17+,18-,19+,23+/m1/s1. The topological polar surface area (TPSA) is 87.7 Å². The minimum atomic E-state index is -1.06. The highest BCUT2D eigenvalue weighted by molar-refractivity contribution is 5.94. The Morgan fingerprint density at radius 1 is 1.09 bits per heavy atom. The summed E-state index contributed by atoms with van der Waals surface area (Å²) in [5, 5.41) is 4.72. The maximum Gasteiger partial charge on any atom is 0.251 e. The molecule has 1 N–H and O–H groups in total. The number of carbonyl (C=O) groups excluding carboxylic acids is 1. The van der Waals surface area contributed by atoms with E-state index in [0.29, 0.717) is 25.1 Å². The molecule has 32 heavy (non-hydrogen) atoms. The van der Waals surface area contributed by atoms with Gasteiger partial charge in [-0.25, -0.2) is 0 Å². The second-order valence-corrected chi connectivity index (χ2v) is 9.81. The van der Waals surface area contributed by atoms with Gasteiger partial charge in [-0.2, -0.15) is 5.06 Å². The van der Waals surface area contributed by atoms with Crippen LogP contribution in [0.1, 0.15) is 44.5 Å². The molecule has 5 rings (SSSR count). The molecule has 176 valence electrons. The fourth-order valence-corrected chi connectivity index (χ4v) is 5.17. The molecule has 1 aromatic carbocycles. The van der Waals surface area contributed by atoms with E-state index in [-0.39, 0.29) is 30.3 Å². The zero-order chi connectivity index (χ0) is 22.7. The Morgan fingerprint density at radius 2 is 1.84 bits per heavy atom. The van der Waals surface area contributed by atoms with Gasteiger partial charge in [-0.05, 0) is 39.8 Å². The van der Waals surface area contributed by atoms with Crippen LogP contribution in [-0.2, 0) is 28.5 Å². The zero-order valence-electron chi connectivity index (χ0n) is 19.2. The van der Waals surface area contributed by atoms with Gasteiger partial charge in [-0.15, -0.1) is 0 Å². The molecule has 0 unspecified atom stereocenters. The van der Waals surface area contributed by atoms with Crippen molar-refractivity contribution in [2.75, 3.05) is 20.2 Å². The van der Waals surface area contributed by atoms with Gasteiger partial charge in [-0.3, -0.25) is 9.63 Å². The smallest absolute Gasteiger partial charge is 0.251 e. The normalized spacial score (nSPS) is 40.1. The first-order valence-electron chi connectivity index (χ1n) is 11.2. The first kappa shape index (κ1) is 22.2. The Hall–Kier alpha value is -1.59. The average molecular weight is 449 g/mol. The molecule has 9 heteroatoms. The van der Waals surface area contributed by atoms with Gasteiger partial charge in [0.05, 0.1) is 18.8 Å². The monoisotopic (exact) mass is 448 g/mol. The third-order valence-corrected chi connectivity index (χ3v) is 6.46. The fraction of sp³-hybridized carbons (Fsp3) is 0.696. The number of nitrogens with zero attached hydrogens (tertiary/aromatic N) is 1. The fourth-order valence-electron chi connectivity index (χ4n) is 5.17. The largest absolute Gasteiger partial charge is 0.349 e. The predicted molar refractivity (Wildman–Crippen MR) is 112 cm³/mol. The van der Waals surface area contributed by atoms with Crippen LogP contribution in [0.5, 0.6) is 0 Å². The van der Waals surface area contributed by atoms with Gasteiger partial charge >= 0.3 is 0 Å². The number of amides is 1. The SMILES string of the molecule is CN1O[C@@H](CNC(=O)c2ccccc2)C[C@H]1[C@@]12O[C@H]3COC(C)(C)O[C@H]3[C@@H]1OC(C)(C)O2. The van der Waals surface area contributed by atoms with Crippen LogP contribution in [0.25, 0.3) is 0 Å². The minimum Gasteiger partial charge on any atom is -0.349 e. The second kappa shape index (κ2) is 7.73. The number of hydroxylamine groups is 2. The highest BCUT2D eigenvalue weighted by Gasteiger charge is 2.71. The van der Waals surface area contributed by atoms with E-state index in [9.17, 15) is 4.79 Å². The van der Waals surface area contributed by atoms with Crippen molar-refractivity contribution in [2.45, 2.75) is 81.9 Å². The summed E-state index contributed by atoms with van der Waals surface area (Å²) in [6.07, 6.45) is -0.662. The van der Waals surface area contributed by atoms with Crippen molar-refractivity contribution in [1.82, 2.24) is 10.4 Å². The third-order valence-electron chi connectivity index (χ3n) is 6.46. The molecule has 1 aromatic rings. The van der Waals surface area contributed by atoms with E-state index >= 15 is 0 Å². The van der Waals surface area contributed by atoms with Crippen LogP contribution in [0.15, 0.2) is 30.3 Å². The lowest BCUT2D eigenvalue weighted by Crippen LogP contribution is -2.55. The van der Waals surface area contributed by atoms with Gasteiger partial charge in [0.15, 0.2) is 11.6 Å². The number of hydrogen-bond acceptors (Lipinski definition) is 8. The maximum absolute atomic E-state index is 12.4. The number of ether oxygens (including phenoxy) is 5. The van der Waals surface area contributed by atoms with E-state index in [4.69, 9.17) is 28.5 Å². The van der Waals surface area contributed by atoms with E-state index < -0.39 is 23.5 Å². The number of hydrogen-bond donors (Lipinski definition) is 1. The molecule has 4 aliphatic heterocycles. The Kier molecular flexibility index (Phi) is 5.37. The maximum atomic E-state index is 12.4. The summed E-state index contributed by atoms with van der Waals surface area (Å²) in [5.41, 5.74) is 0.617. The van der Waals surface area contributed by atoms with Crippen LogP contribution in [0, 0.1) is 0 Å². The molecule has 1 amide bonds. The zero-order valence-corrected chi connectivity index (χ0v) is 19.2. The minimum absolute atomic E-state index is 0.131. The summed E-state index contributed by atoms with van der Waals surface area (Å²) < 4.78 is 31.3. The average Bonchev–Trinajstić information content (AvgIpc) is 3.33. The molecule has 4 fully saturated rings. The molecular formula is C23H32N2O7. The van der Waals surface area contributed by atoms with Gasteiger partial charge in [0, 0.05) is 25.6 Å². The summed E-state index contributed by atoms with van der Waals surface area (Å²) in [6.45, 7) is 8.31. The number of benzene rings is 1. The lowest BCUT2D eigenvalue weighted by molar-refractivity contribution is -0.336. The number of rotatable bonds is 4. The summed E-state index contributed by atoms with van der Waals surface area (Å²) in [6, 6.07) is 8.89. The van der Waals surface area contributed by atoms with Crippen molar-refractivity contribution < 1.29 is 33.3 Å². The van der Waals surface area contributed by atoms with Crippen molar-refractivity contribution in [1.29, 1.82) is 0 Å². The number of nitrogens with one attached hydrogen (secondary N) is 1. The highest BCUT2D eigenvalue weighted by atomic mass is 16.9. The van der Waals surface area contributed by atoms with E-state index in [0.717, 1.165) is 0 Å². The molecule has 0 spiro atoms. The van der Waals surface area contributed by atoms with E-state index in [1.807, 2.05) is 52.9 Å². The lowest BCUT2D eigenvalue weighted by atomic mass is 9.94. The van der Waals surface area contributed by atoms with Crippen LogP contribution in [-0.4, -0.2) is 79.0 Å². The quantitative estimate of drug-likeness (QED) is 0.747. The van der Waals surface area contributed by atoms with Gasteiger partial charge in [0.1, 0.15) is 18.3 Å². The summed E-state index contributed by atoms with van der Waals surface area (Å²) >= 11 is 0.